The van der Waals surface area contributed by atoms with Gasteiger partial charge in [-0.2, -0.15) is 0 Å². The second-order valence-corrected chi connectivity index (χ2v) is 5.82. The summed E-state index contributed by atoms with van der Waals surface area (Å²) in [7, 11) is 1.50. The summed E-state index contributed by atoms with van der Waals surface area (Å²) in [6, 6.07) is 0.164. The predicted molar refractivity (Wildman–Crippen MR) is 69.1 cm³/mol. The van der Waals surface area contributed by atoms with Crippen molar-refractivity contribution in [3.63, 3.8) is 0 Å². The average molecular weight is 256 g/mol. The number of hydrogen-bond acceptors (Lipinski definition) is 3. The molecule has 104 valence electrons. The van der Waals surface area contributed by atoms with Crippen LogP contribution in [0.3, 0.4) is 0 Å². The number of piperidine rings is 1. The van der Waals surface area contributed by atoms with Crippen LogP contribution in [-0.4, -0.2) is 49.6 Å². The third-order valence-corrected chi connectivity index (χ3v) is 3.06. The first-order valence-corrected chi connectivity index (χ1v) is 6.42. The van der Waals surface area contributed by atoms with E-state index in [0.717, 1.165) is 12.8 Å². The van der Waals surface area contributed by atoms with E-state index in [9.17, 15) is 9.59 Å². The average Bonchev–Trinajstić information content (AvgIpc) is 2.28. The van der Waals surface area contributed by atoms with Gasteiger partial charge in [-0.05, 0) is 12.8 Å². The lowest BCUT2D eigenvalue weighted by Gasteiger charge is -2.35. The lowest BCUT2D eigenvalue weighted by atomic mass is 9.93. The van der Waals surface area contributed by atoms with E-state index in [1.165, 1.54) is 7.11 Å². The molecule has 0 radical (unpaired) electrons. The fourth-order valence-corrected chi connectivity index (χ4v) is 2.10. The van der Waals surface area contributed by atoms with Crippen LogP contribution in [0.1, 0.15) is 33.6 Å². The highest BCUT2D eigenvalue weighted by molar-refractivity contribution is 5.81. The number of ether oxygens (including phenoxy) is 1. The van der Waals surface area contributed by atoms with Crippen LogP contribution in [0.15, 0.2) is 0 Å². The Kier molecular flexibility index (Phi) is 5.14. The van der Waals surface area contributed by atoms with E-state index < -0.39 is 0 Å². The van der Waals surface area contributed by atoms with Crippen molar-refractivity contribution in [2.24, 2.45) is 5.41 Å². The molecule has 0 spiro atoms. The lowest BCUT2D eigenvalue weighted by Crippen LogP contribution is -2.49. The third-order valence-electron chi connectivity index (χ3n) is 3.06. The van der Waals surface area contributed by atoms with E-state index in [-0.39, 0.29) is 29.9 Å². The summed E-state index contributed by atoms with van der Waals surface area (Å²) < 4.78 is 4.77. The van der Waals surface area contributed by atoms with Gasteiger partial charge in [0.2, 0.25) is 11.8 Å². The van der Waals surface area contributed by atoms with Gasteiger partial charge in [0.15, 0.2) is 0 Å². The maximum Gasteiger partial charge on any atom is 0.246 e. The van der Waals surface area contributed by atoms with E-state index in [1.54, 1.807) is 0 Å². The van der Waals surface area contributed by atoms with Gasteiger partial charge in [-0.25, -0.2) is 0 Å². The van der Waals surface area contributed by atoms with Crippen molar-refractivity contribution >= 4 is 11.8 Å². The van der Waals surface area contributed by atoms with Crippen LogP contribution in [0.2, 0.25) is 0 Å². The molecule has 0 aromatic rings. The third kappa shape index (κ3) is 4.29. The van der Waals surface area contributed by atoms with Crippen LogP contribution in [-0.2, 0) is 14.3 Å². The standard InChI is InChI=1S/C13H24N2O3/c1-13(2,3)12(17)15-7-5-10(6-8-15)14-11(16)9-18-4/h10H,5-9H2,1-4H3,(H,14,16). The first-order chi connectivity index (χ1) is 8.34. The zero-order chi connectivity index (χ0) is 13.8. The van der Waals surface area contributed by atoms with Crippen LogP contribution in [0.4, 0.5) is 0 Å². The molecule has 5 heteroatoms. The van der Waals surface area contributed by atoms with Gasteiger partial charge in [0, 0.05) is 31.7 Å². The minimum Gasteiger partial charge on any atom is -0.375 e. The van der Waals surface area contributed by atoms with Crippen LogP contribution >= 0.6 is 0 Å². The second kappa shape index (κ2) is 6.18. The molecule has 1 rings (SSSR count). The first kappa shape index (κ1) is 15.0. The van der Waals surface area contributed by atoms with Crippen molar-refractivity contribution in [1.29, 1.82) is 0 Å². The molecule has 1 fully saturated rings. The van der Waals surface area contributed by atoms with E-state index in [1.807, 2.05) is 25.7 Å². The summed E-state index contributed by atoms with van der Waals surface area (Å²) in [5, 5.41) is 2.92. The molecule has 18 heavy (non-hydrogen) atoms. The highest BCUT2D eigenvalue weighted by atomic mass is 16.5. The fourth-order valence-electron chi connectivity index (χ4n) is 2.10. The van der Waals surface area contributed by atoms with Crippen LogP contribution in [0, 0.1) is 5.41 Å². The van der Waals surface area contributed by atoms with Gasteiger partial charge in [-0.1, -0.05) is 20.8 Å². The Morgan fingerprint density at radius 2 is 1.83 bits per heavy atom. The van der Waals surface area contributed by atoms with Crippen molar-refractivity contribution in [3.8, 4) is 0 Å². The van der Waals surface area contributed by atoms with Gasteiger partial charge >= 0.3 is 0 Å². The summed E-state index contributed by atoms with van der Waals surface area (Å²) in [6.45, 7) is 7.33. The smallest absolute Gasteiger partial charge is 0.246 e. The zero-order valence-electron chi connectivity index (χ0n) is 11.8. The van der Waals surface area contributed by atoms with E-state index in [0.29, 0.717) is 13.1 Å². The molecule has 1 N–H and O–H groups in total. The summed E-state index contributed by atoms with van der Waals surface area (Å²) >= 11 is 0. The Morgan fingerprint density at radius 3 is 2.28 bits per heavy atom. The van der Waals surface area contributed by atoms with Crippen molar-refractivity contribution in [2.75, 3.05) is 26.8 Å². The summed E-state index contributed by atoms with van der Waals surface area (Å²) in [5.41, 5.74) is -0.327. The number of carbonyl (C=O) groups excluding carboxylic acids is 2. The van der Waals surface area contributed by atoms with E-state index in [2.05, 4.69) is 5.32 Å². The van der Waals surface area contributed by atoms with Crippen molar-refractivity contribution < 1.29 is 14.3 Å². The maximum atomic E-state index is 12.1. The van der Waals surface area contributed by atoms with Crippen LogP contribution in [0.5, 0.6) is 0 Å². The van der Waals surface area contributed by atoms with Gasteiger partial charge in [-0.15, -0.1) is 0 Å². The highest BCUT2D eigenvalue weighted by Gasteiger charge is 2.30. The molecule has 1 saturated heterocycles. The molecule has 0 atom stereocenters. The number of amides is 2. The Morgan fingerprint density at radius 1 is 1.28 bits per heavy atom. The minimum absolute atomic E-state index is 0.0851. The molecule has 0 saturated carbocycles. The van der Waals surface area contributed by atoms with Gasteiger partial charge in [0.25, 0.3) is 0 Å². The number of methoxy groups -OCH3 is 1. The normalized spacial score (nSPS) is 17.7. The van der Waals surface area contributed by atoms with Gasteiger partial charge in [0.05, 0.1) is 0 Å². The summed E-state index contributed by atoms with van der Waals surface area (Å²) in [4.78, 5) is 25.3. The minimum atomic E-state index is -0.327. The molecule has 1 heterocycles. The Bertz CT molecular complexity index is 302. The largest absolute Gasteiger partial charge is 0.375 e. The zero-order valence-corrected chi connectivity index (χ0v) is 11.8. The monoisotopic (exact) mass is 256 g/mol. The second-order valence-electron chi connectivity index (χ2n) is 5.82. The van der Waals surface area contributed by atoms with Gasteiger partial charge in [-0.3, -0.25) is 9.59 Å². The van der Waals surface area contributed by atoms with Gasteiger partial charge in [0.1, 0.15) is 6.61 Å². The predicted octanol–water partition coefficient (Wildman–Crippen LogP) is 0.786. The molecule has 0 bridgehead atoms. The summed E-state index contributed by atoms with van der Waals surface area (Å²) in [6.07, 6.45) is 1.63. The van der Waals surface area contributed by atoms with Crippen molar-refractivity contribution in [2.45, 2.75) is 39.7 Å². The molecular formula is C13H24N2O3. The number of carbonyl (C=O) groups is 2. The quantitative estimate of drug-likeness (QED) is 0.812. The van der Waals surface area contributed by atoms with E-state index in [4.69, 9.17) is 4.74 Å². The molecule has 1 aliphatic rings. The summed E-state index contributed by atoms with van der Waals surface area (Å²) in [5.74, 6) is 0.0993. The molecule has 0 aromatic heterocycles. The molecule has 5 nitrogen and oxygen atoms in total. The SMILES string of the molecule is COCC(=O)NC1CCN(C(=O)C(C)(C)C)CC1. The van der Waals surface area contributed by atoms with Crippen molar-refractivity contribution in [1.82, 2.24) is 10.2 Å². The number of likely N-dealkylation sites (tertiary alicyclic amines) is 1. The number of nitrogens with zero attached hydrogens (tertiary/aromatic N) is 1. The maximum absolute atomic E-state index is 12.1. The number of rotatable bonds is 3. The topological polar surface area (TPSA) is 58.6 Å². The molecular weight excluding hydrogens is 232 g/mol. The fraction of sp³-hybridized carbons (Fsp3) is 0.846. The molecule has 0 aromatic carbocycles. The van der Waals surface area contributed by atoms with Gasteiger partial charge < -0.3 is 15.0 Å². The molecule has 2 amide bonds. The first-order valence-electron chi connectivity index (χ1n) is 6.42. The number of nitrogens with one attached hydrogen (secondary N) is 1. The molecule has 0 unspecified atom stereocenters. The van der Waals surface area contributed by atoms with Crippen LogP contribution in [0.25, 0.3) is 0 Å². The Labute approximate surface area is 109 Å². The van der Waals surface area contributed by atoms with E-state index >= 15 is 0 Å². The Balaban J connectivity index is 2.37. The molecule has 1 aliphatic heterocycles. The highest BCUT2D eigenvalue weighted by Crippen LogP contribution is 2.20. The van der Waals surface area contributed by atoms with Crippen molar-refractivity contribution in [3.05, 3.63) is 0 Å². The Hall–Kier alpha value is -1.10. The number of hydrogen-bond donors (Lipinski definition) is 1. The molecule has 0 aliphatic carbocycles. The van der Waals surface area contributed by atoms with Crippen LogP contribution < -0.4 is 5.32 Å². The lowest BCUT2D eigenvalue weighted by molar-refractivity contribution is -0.140.